The number of hydrogen-bond donors (Lipinski definition) is 2. The molecule has 6 nitrogen and oxygen atoms in total. The molecule has 0 unspecified atom stereocenters. The summed E-state index contributed by atoms with van der Waals surface area (Å²) in [4.78, 5) is 18.2. The number of hydrogen-bond acceptors (Lipinski definition) is 5. The van der Waals surface area contributed by atoms with E-state index in [1.165, 1.54) is 0 Å². The van der Waals surface area contributed by atoms with Crippen LogP contribution in [0.5, 0.6) is 0 Å². The summed E-state index contributed by atoms with van der Waals surface area (Å²) in [5, 5.41) is 13.3. The first-order chi connectivity index (χ1) is 15.8. The molecule has 2 aromatic rings. The number of benzene rings is 1. The summed E-state index contributed by atoms with van der Waals surface area (Å²) < 4.78 is 5.59. The van der Waals surface area contributed by atoms with Crippen LogP contribution in [0.3, 0.4) is 0 Å². The average Bonchev–Trinajstić information content (AvgIpc) is 2.78. The van der Waals surface area contributed by atoms with Gasteiger partial charge in [0, 0.05) is 25.9 Å². The number of rotatable bonds is 10. The lowest BCUT2D eigenvalue weighted by Gasteiger charge is -2.40. The number of carbonyl (C=O) groups is 1. The molecule has 1 aromatic carbocycles. The topological polar surface area (TPSA) is 74.7 Å². The molecule has 180 valence electrons. The average molecular weight is 474 g/mol. The van der Waals surface area contributed by atoms with Crippen LogP contribution in [0.25, 0.3) is 0 Å². The largest absolute Gasteiger partial charge is 0.481 e. The minimum Gasteiger partial charge on any atom is -0.481 e. The summed E-state index contributed by atoms with van der Waals surface area (Å²) in [6.07, 6.45) is 6.35. The number of anilines is 3. The number of ether oxygens (including phenoxy) is 1. The quantitative estimate of drug-likeness (QED) is 0.411. The van der Waals surface area contributed by atoms with Gasteiger partial charge in [-0.05, 0) is 67.3 Å². The first kappa shape index (κ1) is 25.3. The van der Waals surface area contributed by atoms with Crippen molar-refractivity contribution in [1.82, 2.24) is 4.98 Å². The van der Waals surface area contributed by atoms with Crippen molar-refractivity contribution in [1.29, 1.82) is 0 Å². The van der Waals surface area contributed by atoms with E-state index in [-0.39, 0.29) is 12.3 Å². The number of halogens is 1. The molecule has 0 amide bonds. The monoisotopic (exact) mass is 473 g/mol. The summed E-state index contributed by atoms with van der Waals surface area (Å²) in [5.74, 6) is 0.316. The first-order valence-corrected chi connectivity index (χ1v) is 12.2. The SMILES string of the molecule is CO[C@H]1CC[C@@H](N(CC(C)C)c2ccc([C@H](C)CC(=O)O)cc2Nc2ccc(Cl)cn2)CC1. The van der Waals surface area contributed by atoms with Gasteiger partial charge in [0.2, 0.25) is 0 Å². The number of aromatic nitrogens is 1. The Morgan fingerprint density at radius 2 is 1.94 bits per heavy atom. The molecule has 1 aliphatic rings. The maximum absolute atomic E-state index is 11.3. The van der Waals surface area contributed by atoms with E-state index >= 15 is 0 Å². The Labute approximate surface area is 202 Å². The molecular weight excluding hydrogens is 438 g/mol. The van der Waals surface area contributed by atoms with Crippen molar-refractivity contribution in [3.63, 3.8) is 0 Å². The van der Waals surface area contributed by atoms with Gasteiger partial charge >= 0.3 is 5.97 Å². The van der Waals surface area contributed by atoms with Crippen LogP contribution in [0.4, 0.5) is 17.2 Å². The molecule has 1 aromatic heterocycles. The van der Waals surface area contributed by atoms with Gasteiger partial charge in [-0.25, -0.2) is 4.98 Å². The summed E-state index contributed by atoms with van der Waals surface area (Å²) >= 11 is 6.03. The van der Waals surface area contributed by atoms with E-state index < -0.39 is 5.97 Å². The third kappa shape index (κ3) is 7.08. The summed E-state index contributed by atoms with van der Waals surface area (Å²) in [6.45, 7) is 7.37. The molecule has 0 aliphatic heterocycles. The van der Waals surface area contributed by atoms with E-state index in [1.54, 1.807) is 13.3 Å². The third-order valence-electron chi connectivity index (χ3n) is 6.35. The maximum Gasteiger partial charge on any atom is 0.303 e. The number of nitrogens with one attached hydrogen (secondary N) is 1. The molecule has 1 heterocycles. The second-order valence-corrected chi connectivity index (χ2v) is 9.91. The Morgan fingerprint density at radius 1 is 1.21 bits per heavy atom. The number of carboxylic acid groups (broad SMARTS) is 1. The number of carboxylic acids is 1. The summed E-state index contributed by atoms with van der Waals surface area (Å²) in [7, 11) is 1.80. The van der Waals surface area contributed by atoms with Gasteiger partial charge in [-0.15, -0.1) is 0 Å². The highest BCUT2D eigenvalue weighted by molar-refractivity contribution is 6.30. The normalized spacial score (nSPS) is 19.3. The van der Waals surface area contributed by atoms with E-state index in [0.29, 0.717) is 28.9 Å². The van der Waals surface area contributed by atoms with E-state index in [9.17, 15) is 9.90 Å². The predicted octanol–water partition coefficient (Wildman–Crippen LogP) is 6.48. The molecule has 0 bridgehead atoms. The molecule has 1 fully saturated rings. The molecule has 1 saturated carbocycles. The molecule has 0 radical (unpaired) electrons. The molecule has 2 N–H and O–H groups in total. The van der Waals surface area contributed by atoms with E-state index in [0.717, 1.165) is 49.2 Å². The fraction of sp³-hybridized carbons (Fsp3) is 0.538. The maximum atomic E-state index is 11.3. The summed E-state index contributed by atoms with van der Waals surface area (Å²) in [6, 6.07) is 10.4. The van der Waals surface area contributed by atoms with Gasteiger partial charge in [0.1, 0.15) is 5.82 Å². The van der Waals surface area contributed by atoms with E-state index in [2.05, 4.69) is 47.2 Å². The second kappa shape index (κ2) is 11.7. The van der Waals surface area contributed by atoms with Crippen molar-refractivity contribution in [3.8, 4) is 0 Å². The van der Waals surface area contributed by atoms with Crippen molar-refractivity contribution in [2.75, 3.05) is 23.9 Å². The lowest BCUT2D eigenvalue weighted by Crippen LogP contribution is -2.41. The molecular formula is C26H36ClN3O3. The highest BCUT2D eigenvalue weighted by atomic mass is 35.5. The zero-order chi connectivity index (χ0) is 24.0. The van der Waals surface area contributed by atoms with Crippen LogP contribution in [0.15, 0.2) is 36.5 Å². The van der Waals surface area contributed by atoms with E-state index in [1.807, 2.05) is 19.1 Å². The predicted molar refractivity (Wildman–Crippen MR) is 135 cm³/mol. The van der Waals surface area contributed by atoms with E-state index in [4.69, 9.17) is 16.3 Å². The van der Waals surface area contributed by atoms with Gasteiger partial charge < -0.3 is 20.1 Å². The fourth-order valence-corrected chi connectivity index (χ4v) is 4.72. The van der Waals surface area contributed by atoms with Gasteiger partial charge in [-0.1, -0.05) is 38.4 Å². The molecule has 1 atom stereocenters. The Morgan fingerprint density at radius 3 is 2.52 bits per heavy atom. The van der Waals surface area contributed by atoms with Crippen LogP contribution in [0.2, 0.25) is 5.02 Å². The molecule has 0 spiro atoms. The smallest absolute Gasteiger partial charge is 0.303 e. The zero-order valence-corrected chi connectivity index (χ0v) is 20.8. The highest BCUT2D eigenvalue weighted by Gasteiger charge is 2.28. The Hall–Kier alpha value is -2.31. The zero-order valence-electron chi connectivity index (χ0n) is 20.1. The Balaban J connectivity index is 1.98. The van der Waals surface area contributed by atoms with Crippen LogP contribution in [0.1, 0.15) is 64.4 Å². The summed E-state index contributed by atoms with van der Waals surface area (Å²) in [5.41, 5.74) is 3.05. The van der Waals surface area contributed by atoms with Gasteiger partial charge in [0.05, 0.1) is 28.9 Å². The van der Waals surface area contributed by atoms with Gasteiger partial charge in [-0.2, -0.15) is 0 Å². The standard InChI is InChI=1S/C26H36ClN3O3/c1-17(2)16-30(21-7-9-22(33-4)10-8-21)24-11-5-19(18(3)13-26(31)32)14-23(24)29-25-12-6-20(27)15-28-25/h5-6,11-12,14-15,17-18,21-22H,7-10,13,16H2,1-4H3,(H,28,29)(H,31,32)/t18-,21-,22+/m1/s1. The first-order valence-electron chi connectivity index (χ1n) is 11.8. The van der Waals surface area contributed by atoms with Crippen LogP contribution in [-0.4, -0.2) is 41.9 Å². The lowest BCUT2D eigenvalue weighted by molar-refractivity contribution is -0.137. The number of methoxy groups -OCH3 is 1. The van der Waals surface area contributed by atoms with Crippen LogP contribution >= 0.6 is 11.6 Å². The van der Waals surface area contributed by atoms with Crippen LogP contribution in [-0.2, 0) is 9.53 Å². The van der Waals surface area contributed by atoms with Crippen molar-refractivity contribution in [3.05, 3.63) is 47.1 Å². The number of nitrogens with zero attached hydrogens (tertiary/aromatic N) is 2. The fourth-order valence-electron chi connectivity index (χ4n) is 4.61. The lowest BCUT2D eigenvalue weighted by atomic mass is 9.90. The minimum atomic E-state index is -0.795. The van der Waals surface area contributed by atoms with Crippen LogP contribution < -0.4 is 10.2 Å². The molecule has 33 heavy (non-hydrogen) atoms. The molecule has 1 aliphatic carbocycles. The van der Waals surface area contributed by atoms with Crippen molar-refractivity contribution in [2.45, 2.75) is 70.9 Å². The minimum absolute atomic E-state index is 0.0917. The number of pyridine rings is 1. The number of aliphatic carboxylic acids is 1. The molecule has 0 saturated heterocycles. The van der Waals surface area contributed by atoms with Crippen molar-refractivity contribution in [2.24, 2.45) is 5.92 Å². The Kier molecular flexibility index (Phi) is 8.98. The van der Waals surface area contributed by atoms with Gasteiger partial charge in [-0.3, -0.25) is 4.79 Å². The van der Waals surface area contributed by atoms with Gasteiger partial charge in [0.25, 0.3) is 0 Å². The van der Waals surface area contributed by atoms with Crippen LogP contribution in [0, 0.1) is 5.92 Å². The van der Waals surface area contributed by atoms with Crippen molar-refractivity contribution < 1.29 is 14.6 Å². The molecule has 3 rings (SSSR count). The van der Waals surface area contributed by atoms with Crippen molar-refractivity contribution >= 4 is 34.8 Å². The Bertz CT molecular complexity index is 911. The second-order valence-electron chi connectivity index (χ2n) is 9.47. The van der Waals surface area contributed by atoms with Gasteiger partial charge in [0.15, 0.2) is 0 Å². The highest BCUT2D eigenvalue weighted by Crippen LogP contribution is 2.37. The molecule has 7 heteroatoms. The third-order valence-corrected chi connectivity index (χ3v) is 6.57.